The Hall–Kier alpha value is -1.95. The SMILES string of the molecule is CC(=O)OCOCc1ccc(COC(C)=O)nc1. The number of carbonyl (C=O) groups is 2. The quantitative estimate of drug-likeness (QED) is 0.430. The predicted octanol–water partition coefficient (Wildman–Crippen LogP) is 1.18. The number of ether oxygens (including phenoxy) is 3. The molecule has 0 spiro atoms. The standard InChI is InChI=1S/C12H15NO5/c1-9(14)17-7-12-4-3-11(5-13-12)6-16-8-18-10(2)15/h3-5H,6-8H2,1-2H3. The van der Waals surface area contributed by atoms with E-state index in [0.717, 1.165) is 5.56 Å². The van der Waals surface area contributed by atoms with Crippen LogP contribution >= 0.6 is 0 Å². The molecule has 0 unspecified atom stereocenters. The summed E-state index contributed by atoms with van der Waals surface area (Å²) < 4.78 is 14.5. The molecule has 0 atom stereocenters. The van der Waals surface area contributed by atoms with Crippen molar-refractivity contribution in [2.45, 2.75) is 27.1 Å². The molecule has 0 aromatic carbocycles. The average Bonchev–Trinajstić information content (AvgIpc) is 2.33. The minimum absolute atomic E-state index is 0.0788. The number of aromatic nitrogens is 1. The number of hydrogen-bond acceptors (Lipinski definition) is 6. The molecule has 0 fully saturated rings. The predicted molar refractivity (Wildman–Crippen MR) is 61.1 cm³/mol. The van der Waals surface area contributed by atoms with Crippen molar-refractivity contribution in [3.63, 3.8) is 0 Å². The molecular weight excluding hydrogens is 238 g/mol. The minimum atomic E-state index is -0.384. The van der Waals surface area contributed by atoms with Crippen LogP contribution in [0, 0.1) is 0 Å². The Labute approximate surface area is 105 Å². The number of rotatable bonds is 6. The summed E-state index contributed by atoms with van der Waals surface area (Å²) in [4.78, 5) is 25.2. The summed E-state index contributed by atoms with van der Waals surface area (Å²) in [5.41, 5.74) is 1.50. The molecule has 0 bridgehead atoms. The van der Waals surface area contributed by atoms with E-state index < -0.39 is 0 Å². The van der Waals surface area contributed by atoms with Crippen LogP contribution in [0.1, 0.15) is 25.1 Å². The monoisotopic (exact) mass is 253 g/mol. The van der Waals surface area contributed by atoms with E-state index in [1.807, 2.05) is 0 Å². The molecule has 98 valence electrons. The van der Waals surface area contributed by atoms with Crippen LogP contribution in [0.15, 0.2) is 18.3 Å². The lowest BCUT2D eigenvalue weighted by Gasteiger charge is -2.05. The maximum absolute atomic E-state index is 10.6. The molecule has 1 rings (SSSR count). The first kappa shape index (κ1) is 14.1. The van der Waals surface area contributed by atoms with Crippen LogP contribution in [-0.2, 0) is 37.0 Å². The normalized spacial score (nSPS) is 9.89. The average molecular weight is 253 g/mol. The first-order valence-corrected chi connectivity index (χ1v) is 5.36. The molecular formula is C12H15NO5. The summed E-state index contributed by atoms with van der Waals surface area (Å²) in [5.74, 6) is -0.726. The second-order valence-electron chi connectivity index (χ2n) is 3.54. The summed E-state index contributed by atoms with van der Waals surface area (Å²) >= 11 is 0. The van der Waals surface area contributed by atoms with Crippen LogP contribution in [0.2, 0.25) is 0 Å². The van der Waals surface area contributed by atoms with Gasteiger partial charge in [-0.2, -0.15) is 0 Å². The van der Waals surface area contributed by atoms with Gasteiger partial charge in [0.2, 0.25) is 0 Å². The number of esters is 2. The third-order valence-electron chi connectivity index (χ3n) is 1.92. The van der Waals surface area contributed by atoms with Gasteiger partial charge in [0.15, 0.2) is 6.79 Å². The maximum Gasteiger partial charge on any atom is 0.304 e. The number of nitrogens with zero attached hydrogens (tertiary/aromatic N) is 1. The van der Waals surface area contributed by atoms with Gasteiger partial charge < -0.3 is 14.2 Å². The van der Waals surface area contributed by atoms with E-state index in [1.54, 1.807) is 18.3 Å². The van der Waals surface area contributed by atoms with Crippen molar-refractivity contribution >= 4 is 11.9 Å². The van der Waals surface area contributed by atoms with Crippen molar-refractivity contribution in [2.24, 2.45) is 0 Å². The van der Waals surface area contributed by atoms with Crippen molar-refractivity contribution in [1.29, 1.82) is 0 Å². The fourth-order valence-electron chi connectivity index (χ4n) is 1.09. The Kier molecular flexibility index (Phi) is 5.79. The van der Waals surface area contributed by atoms with E-state index >= 15 is 0 Å². The van der Waals surface area contributed by atoms with Gasteiger partial charge in [-0.3, -0.25) is 14.6 Å². The van der Waals surface area contributed by atoms with E-state index in [-0.39, 0.29) is 25.3 Å². The zero-order valence-electron chi connectivity index (χ0n) is 10.3. The molecule has 18 heavy (non-hydrogen) atoms. The highest BCUT2D eigenvalue weighted by Gasteiger charge is 1.99. The molecule has 0 saturated heterocycles. The second kappa shape index (κ2) is 7.39. The van der Waals surface area contributed by atoms with Crippen LogP contribution in [0.25, 0.3) is 0 Å². The van der Waals surface area contributed by atoms with Crippen LogP contribution in [0.3, 0.4) is 0 Å². The first-order chi connectivity index (χ1) is 8.58. The van der Waals surface area contributed by atoms with Crippen LogP contribution < -0.4 is 0 Å². The van der Waals surface area contributed by atoms with Gasteiger partial charge in [0.05, 0.1) is 12.3 Å². The molecule has 0 amide bonds. The second-order valence-corrected chi connectivity index (χ2v) is 3.54. The van der Waals surface area contributed by atoms with Gasteiger partial charge in [0.25, 0.3) is 0 Å². The molecule has 1 heterocycles. The first-order valence-electron chi connectivity index (χ1n) is 5.36. The fraction of sp³-hybridized carbons (Fsp3) is 0.417. The van der Waals surface area contributed by atoms with Gasteiger partial charge in [0.1, 0.15) is 6.61 Å². The van der Waals surface area contributed by atoms with E-state index in [2.05, 4.69) is 9.72 Å². The molecule has 0 aliphatic carbocycles. The van der Waals surface area contributed by atoms with Gasteiger partial charge in [0, 0.05) is 20.0 Å². The number of hydrogen-bond donors (Lipinski definition) is 0. The topological polar surface area (TPSA) is 74.7 Å². The summed E-state index contributed by atoms with van der Waals surface area (Å²) in [5, 5.41) is 0. The van der Waals surface area contributed by atoms with Gasteiger partial charge in [-0.25, -0.2) is 0 Å². The third-order valence-corrected chi connectivity index (χ3v) is 1.92. The van der Waals surface area contributed by atoms with Gasteiger partial charge in [-0.15, -0.1) is 0 Å². The lowest BCUT2D eigenvalue weighted by molar-refractivity contribution is -0.154. The van der Waals surface area contributed by atoms with Crippen molar-refractivity contribution in [3.05, 3.63) is 29.6 Å². The molecule has 1 aromatic heterocycles. The highest BCUT2D eigenvalue weighted by molar-refractivity contribution is 5.66. The third kappa shape index (κ3) is 5.95. The summed E-state index contributed by atoms with van der Waals surface area (Å²) in [6.07, 6.45) is 1.62. The van der Waals surface area contributed by atoms with Crippen LogP contribution in [0.5, 0.6) is 0 Å². The Bertz CT molecular complexity index is 401. The van der Waals surface area contributed by atoms with Crippen LogP contribution in [0.4, 0.5) is 0 Å². The van der Waals surface area contributed by atoms with Gasteiger partial charge in [-0.05, 0) is 11.6 Å². The lowest BCUT2D eigenvalue weighted by atomic mass is 10.2. The van der Waals surface area contributed by atoms with E-state index in [1.165, 1.54) is 13.8 Å². The molecule has 0 aliphatic rings. The fourth-order valence-corrected chi connectivity index (χ4v) is 1.09. The molecule has 1 aromatic rings. The van der Waals surface area contributed by atoms with Gasteiger partial charge in [-0.1, -0.05) is 6.07 Å². The molecule has 6 nitrogen and oxygen atoms in total. The zero-order valence-corrected chi connectivity index (χ0v) is 10.3. The molecule has 0 radical (unpaired) electrons. The lowest BCUT2D eigenvalue weighted by Crippen LogP contribution is -2.05. The zero-order chi connectivity index (χ0) is 13.4. The van der Waals surface area contributed by atoms with Crippen LogP contribution in [-0.4, -0.2) is 23.7 Å². The van der Waals surface area contributed by atoms with Crippen molar-refractivity contribution in [2.75, 3.05) is 6.79 Å². The number of carbonyl (C=O) groups excluding carboxylic acids is 2. The number of pyridine rings is 1. The molecule has 0 N–H and O–H groups in total. The Morgan fingerprint density at radius 3 is 2.39 bits per heavy atom. The Balaban J connectivity index is 2.31. The van der Waals surface area contributed by atoms with Crippen molar-refractivity contribution in [3.8, 4) is 0 Å². The highest BCUT2D eigenvalue weighted by atomic mass is 16.7. The smallest absolute Gasteiger partial charge is 0.304 e. The van der Waals surface area contributed by atoms with Crippen molar-refractivity contribution < 1.29 is 23.8 Å². The molecule has 0 aliphatic heterocycles. The van der Waals surface area contributed by atoms with Gasteiger partial charge >= 0.3 is 11.9 Å². The van der Waals surface area contributed by atoms with Crippen molar-refractivity contribution in [1.82, 2.24) is 4.98 Å². The van der Waals surface area contributed by atoms with E-state index in [9.17, 15) is 9.59 Å². The largest absolute Gasteiger partial charge is 0.459 e. The molecule has 0 saturated carbocycles. The minimum Gasteiger partial charge on any atom is -0.459 e. The summed E-state index contributed by atoms with van der Waals surface area (Å²) in [7, 11) is 0. The Morgan fingerprint density at radius 2 is 1.83 bits per heavy atom. The van der Waals surface area contributed by atoms with E-state index in [0.29, 0.717) is 12.3 Å². The maximum atomic E-state index is 10.6. The summed E-state index contributed by atoms with van der Waals surface area (Å²) in [6, 6.07) is 3.55. The van der Waals surface area contributed by atoms with E-state index in [4.69, 9.17) is 9.47 Å². The highest BCUT2D eigenvalue weighted by Crippen LogP contribution is 2.03. The molecule has 6 heteroatoms. The summed E-state index contributed by atoms with van der Waals surface area (Å²) in [6.45, 7) is 3.04. The Morgan fingerprint density at radius 1 is 1.11 bits per heavy atom.